The van der Waals surface area contributed by atoms with E-state index in [1.165, 1.54) is 12.1 Å². The lowest BCUT2D eigenvalue weighted by molar-refractivity contribution is 0.307. The van der Waals surface area contributed by atoms with Gasteiger partial charge in [-0.25, -0.2) is 4.79 Å². The fourth-order valence-corrected chi connectivity index (χ4v) is 2.71. The van der Waals surface area contributed by atoms with Crippen molar-refractivity contribution < 1.29 is 9.15 Å². The highest BCUT2D eigenvalue weighted by Gasteiger charge is 2.10. The maximum atomic E-state index is 11.7. The zero-order valence-electron chi connectivity index (χ0n) is 12.6. The Morgan fingerprint density at radius 2 is 1.96 bits per heavy atom. The molecule has 0 atom stereocenters. The Balaban J connectivity index is 1.97. The maximum Gasteiger partial charge on any atom is 0.336 e. The topological polar surface area (TPSA) is 63.2 Å². The molecule has 0 N–H and O–H groups in total. The van der Waals surface area contributed by atoms with E-state index in [0.29, 0.717) is 37.9 Å². The standard InChI is InChI=1S/C18H11Cl2NO3/c1-10-4-17-13(7-14(10)19)12(6-18(22)24-17)9-23-16-3-2-11(8-21)5-15(16)20/h2-7H,9H2,1H3. The molecule has 120 valence electrons. The van der Waals surface area contributed by atoms with Gasteiger partial charge in [0.25, 0.3) is 0 Å². The van der Waals surface area contributed by atoms with Gasteiger partial charge in [0.15, 0.2) is 0 Å². The summed E-state index contributed by atoms with van der Waals surface area (Å²) in [6.45, 7) is 1.95. The average molecular weight is 360 g/mol. The Hall–Kier alpha value is -2.48. The van der Waals surface area contributed by atoms with Crippen LogP contribution < -0.4 is 10.4 Å². The van der Waals surface area contributed by atoms with Crippen molar-refractivity contribution >= 4 is 34.2 Å². The number of rotatable bonds is 3. The summed E-state index contributed by atoms with van der Waals surface area (Å²) in [5.41, 5.74) is 1.90. The Labute approximate surface area is 147 Å². The lowest BCUT2D eigenvalue weighted by Gasteiger charge is -2.10. The molecule has 1 heterocycles. The van der Waals surface area contributed by atoms with Gasteiger partial charge >= 0.3 is 5.63 Å². The van der Waals surface area contributed by atoms with Gasteiger partial charge in [0, 0.05) is 22.0 Å². The molecule has 3 aromatic rings. The number of aryl methyl sites for hydroxylation is 1. The predicted molar refractivity (Wildman–Crippen MR) is 92.7 cm³/mol. The fourth-order valence-electron chi connectivity index (χ4n) is 2.31. The molecule has 4 nitrogen and oxygen atoms in total. The van der Waals surface area contributed by atoms with E-state index in [-0.39, 0.29) is 6.61 Å². The maximum absolute atomic E-state index is 11.7. The number of nitriles is 1. The minimum absolute atomic E-state index is 0.118. The summed E-state index contributed by atoms with van der Waals surface area (Å²) >= 11 is 12.3. The van der Waals surface area contributed by atoms with E-state index in [2.05, 4.69) is 0 Å². The molecular formula is C18H11Cl2NO3. The van der Waals surface area contributed by atoms with Crippen LogP contribution in [0.25, 0.3) is 11.0 Å². The molecule has 0 amide bonds. The lowest BCUT2D eigenvalue weighted by atomic mass is 10.1. The summed E-state index contributed by atoms with van der Waals surface area (Å²) in [5.74, 6) is 0.426. The number of hydrogen-bond acceptors (Lipinski definition) is 4. The highest BCUT2D eigenvalue weighted by Crippen LogP contribution is 2.28. The van der Waals surface area contributed by atoms with E-state index in [1.54, 1.807) is 24.3 Å². The van der Waals surface area contributed by atoms with Crippen LogP contribution in [-0.4, -0.2) is 0 Å². The van der Waals surface area contributed by atoms with Gasteiger partial charge in [-0.2, -0.15) is 5.26 Å². The van der Waals surface area contributed by atoms with Crippen LogP contribution in [-0.2, 0) is 6.61 Å². The number of benzene rings is 2. The van der Waals surface area contributed by atoms with E-state index < -0.39 is 5.63 Å². The number of fused-ring (bicyclic) bond motifs is 1. The normalized spacial score (nSPS) is 10.6. The van der Waals surface area contributed by atoms with E-state index in [4.69, 9.17) is 37.6 Å². The molecule has 0 aliphatic carbocycles. The molecule has 6 heteroatoms. The number of halogens is 2. The van der Waals surface area contributed by atoms with Crippen LogP contribution >= 0.6 is 23.2 Å². The zero-order valence-corrected chi connectivity index (χ0v) is 14.1. The molecular weight excluding hydrogens is 349 g/mol. The first-order chi connectivity index (χ1) is 11.5. The van der Waals surface area contributed by atoms with Gasteiger partial charge in [0.1, 0.15) is 17.9 Å². The average Bonchev–Trinajstić information content (AvgIpc) is 2.55. The van der Waals surface area contributed by atoms with Crippen LogP contribution in [0.3, 0.4) is 0 Å². The van der Waals surface area contributed by atoms with Crippen LogP contribution in [0.4, 0.5) is 0 Å². The van der Waals surface area contributed by atoms with Crippen molar-refractivity contribution in [3.05, 3.63) is 73.6 Å². The van der Waals surface area contributed by atoms with E-state index in [0.717, 1.165) is 5.56 Å². The first-order valence-corrected chi connectivity index (χ1v) is 7.79. The summed E-state index contributed by atoms with van der Waals surface area (Å²) < 4.78 is 10.9. The van der Waals surface area contributed by atoms with Crippen LogP contribution in [0.2, 0.25) is 10.0 Å². The Kier molecular flexibility index (Phi) is 4.48. The largest absolute Gasteiger partial charge is 0.487 e. The molecule has 0 spiro atoms. The van der Waals surface area contributed by atoms with Crippen LogP contribution in [0.5, 0.6) is 5.75 Å². The summed E-state index contributed by atoms with van der Waals surface area (Å²) in [7, 11) is 0. The molecule has 2 aromatic carbocycles. The van der Waals surface area contributed by atoms with Crippen LogP contribution in [0, 0.1) is 18.3 Å². The molecule has 0 fully saturated rings. The molecule has 3 rings (SSSR count). The highest BCUT2D eigenvalue weighted by atomic mass is 35.5. The first-order valence-electron chi connectivity index (χ1n) is 7.03. The summed E-state index contributed by atoms with van der Waals surface area (Å²) in [4.78, 5) is 11.7. The molecule has 0 saturated carbocycles. The third-order valence-corrected chi connectivity index (χ3v) is 4.26. The van der Waals surface area contributed by atoms with Gasteiger partial charge in [-0.15, -0.1) is 0 Å². The monoisotopic (exact) mass is 359 g/mol. The summed E-state index contributed by atoms with van der Waals surface area (Å²) in [6.07, 6.45) is 0. The van der Waals surface area contributed by atoms with E-state index in [9.17, 15) is 4.79 Å². The van der Waals surface area contributed by atoms with Gasteiger partial charge in [0.05, 0.1) is 16.7 Å². The molecule has 1 aromatic heterocycles. The molecule has 24 heavy (non-hydrogen) atoms. The third-order valence-electron chi connectivity index (χ3n) is 3.55. The van der Waals surface area contributed by atoms with Gasteiger partial charge < -0.3 is 9.15 Å². The Bertz CT molecular complexity index is 1030. The van der Waals surface area contributed by atoms with Crippen molar-refractivity contribution in [1.82, 2.24) is 0 Å². The van der Waals surface area contributed by atoms with Crippen molar-refractivity contribution in [1.29, 1.82) is 5.26 Å². The van der Waals surface area contributed by atoms with E-state index >= 15 is 0 Å². The van der Waals surface area contributed by atoms with Crippen LogP contribution in [0.15, 0.2) is 45.6 Å². The van der Waals surface area contributed by atoms with Gasteiger partial charge in [-0.05, 0) is 42.8 Å². The second kappa shape index (κ2) is 6.56. The Morgan fingerprint density at radius 3 is 2.67 bits per heavy atom. The predicted octanol–water partition coefficient (Wildman–Crippen LogP) is 4.86. The molecule has 0 aliphatic rings. The number of hydrogen-bond donors (Lipinski definition) is 0. The number of nitrogens with zero attached hydrogens (tertiary/aromatic N) is 1. The second-order valence-corrected chi connectivity index (χ2v) is 6.05. The van der Waals surface area contributed by atoms with Crippen molar-refractivity contribution in [3.8, 4) is 11.8 Å². The van der Waals surface area contributed by atoms with Gasteiger partial charge in [0.2, 0.25) is 0 Å². The molecule has 0 aliphatic heterocycles. The van der Waals surface area contributed by atoms with Crippen molar-refractivity contribution in [2.75, 3.05) is 0 Å². The lowest BCUT2D eigenvalue weighted by Crippen LogP contribution is -2.04. The van der Waals surface area contributed by atoms with Crippen molar-refractivity contribution in [2.24, 2.45) is 0 Å². The molecule has 0 bridgehead atoms. The molecule has 0 radical (unpaired) electrons. The first kappa shape index (κ1) is 16.4. The zero-order chi connectivity index (χ0) is 17.3. The Morgan fingerprint density at radius 1 is 1.17 bits per heavy atom. The van der Waals surface area contributed by atoms with Gasteiger partial charge in [-0.1, -0.05) is 23.2 Å². The quantitative estimate of drug-likeness (QED) is 0.626. The summed E-state index contributed by atoms with van der Waals surface area (Å²) in [6, 6.07) is 11.6. The molecule has 0 unspecified atom stereocenters. The van der Waals surface area contributed by atoms with Gasteiger partial charge in [-0.3, -0.25) is 0 Å². The fraction of sp³-hybridized carbons (Fsp3) is 0.111. The van der Waals surface area contributed by atoms with Crippen molar-refractivity contribution in [3.63, 3.8) is 0 Å². The molecule has 0 saturated heterocycles. The van der Waals surface area contributed by atoms with E-state index in [1.807, 2.05) is 13.0 Å². The summed E-state index contributed by atoms with van der Waals surface area (Å²) in [5, 5.41) is 10.5. The third kappa shape index (κ3) is 3.23. The minimum atomic E-state index is -0.464. The second-order valence-electron chi connectivity index (χ2n) is 5.23. The smallest absolute Gasteiger partial charge is 0.336 e. The SMILES string of the molecule is Cc1cc2oc(=O)cc(COc3ccc(C#N)cc3Cl)c2cc1Cl. The number of ether oxygens (including phenoxy) is 1. The van der Waals surface area contributed by atoms with Crippen LogP contribution in [0.1, 0.15) is 16.7 Å². The minimum Gasteiger partial charge on any atom is -0.487 e. The highest BCUT2D eigenvalue weighted by molar-refractivity contribution is 6.32. The van der Waals surface area contributed by atoms with Crippen molar-refractivity contribution in [2.45, 2.75) is 13.5 Å².